The Labute approximate surface area is 87.2 Å². The maximum absolute atomic E-state index is 3.48. The molecule has 3 heteroatoms. The van der Waals surface area contributed by atoms with E-state index in [-0.39, 0.29) is 5.54 Å². The smallest absolute Gasteiger partial charge is 0.0164 e. The molecular formula is C10H24N2S. The Morgan fingerprint density at radius 3 is 2.38 bits per heavy atom. The Balaban J connectivity index is 3.35. The van der Waals surface area contributed by atoms with Crippen LogP contribution in [0.15, 0.2) is 0 Å². The van der Waals surface area contributed by atoms with Crippen LogP contribution in [0.3, 0.4) is 0 Å². The summed E-state index contributed by atoms with van der Waals surface area (Å²) in [4.78, 5) is 0. The highest BCUT2D eigenvalue weighted by Gasteiger charge is 2.09. The van der Waals surface area contributed by atoms with Gasteiger partial charge >= 0.3 is 0 Å². The van der Waals surface area contributed by atoms with E-state index in [4.69, 9.17) is 0 Å². The summed E-state index contributed by atoms with van der Waals surface area (Å²) in [5.41, 5.74) is 0.232. The molecule has 0 aliphatic carbocycles. The van der Waals surface area contributed by atoms with Gasteiger partial charge in [0, 0.05) is 30.4 Å². The lowest BCUT2D eigenvalue weighted by Gasteiger charge is -2.23. The number of rotatable bonds is 6. The van der Waals surface area contributed by atoms with Crippen molar-refractivity contribution in [2.75, 3.05) is 25.1 Å². The van der Waals surface area contributed by atoms with Crippen molar-refractivity contribution in [3.8, 4) is 0 Å². The Morgan fingerprint density at radius 2 is 1.92 bits per heavy atom. The van der Waals surface area contributed by atoms with Gasteiger partial charge in [0.15, 0.2) is 0 Å². The number of thioether (sulfide) groups is 1. The minimum Gasteiger partial charge on any atom is -0.312 e. The predicted molar refractivity (Wildman–Crippen MR) is 63.6 cm³/mol. The van der Waals surface area contributed by atoms with E-state index < -0.39 is 0 Å². The molecule has 0 amide bonds. The van der Waals surface area contributed by atoms with Crippen molar-refractivity contribution < 1.29 is 0 Å². The Kier molecular flexibility index (Phi) is 6.82. The predicted octanol–water partition coefficient (Wildman–Crippen LogP) is 1.72. The lowest BCUT2D eigenvalue weighted by Crippen LogP contribution is -2.45. The van der Waals surface area contributed by atoms with Crippen LogP contribution in [-0.2, 0) is 0 Å². The zero-order valence-corrected chi connectivity index (χ0v) is 10.4. The van der Waals surface area contributed by atoms with Crippen LogP contribution in [0.25, 0.3) is 0 Å². The quantitative estimate of drug-likeness (QED) is 0.644. The standard InChI is InChI=1S/C10H24N2S/c1-9(11-6-7-13-5)8-12-10(2,3)4/h9,11-12H,6-8H2,1-5H3. The molecule has 2 N–H and O–H groups in total. The molecule has 0 bridgehead atoms. The van der Waals surface area contributed by atoms with Gasteiger partial charge in [-0.15, -0.1) is 0 Å². The minimum absolute atomic E-state index is 0.232. The van der Waals surface area contributed by atoms with Crippen molar-refractivity contribution in [3.63, 3.8) is 0 Å². The second-order valence-electron chi connectivity index (χ2n) is 4.48. The maximum Gasteiger partial charge on any atom is 0.0164 e. The molecule has 0 spiro atoms. The van der Waals surface area contributed by atoms with E-state index in [0.29, 0.717) is 6.04 Å². The first-order valence-electron chi connectivity index (χ1n) is 4.93. The monoisotopic (exact) mass is 204 g/mol. The van der Waals surface area contributed by atoms with Crippen LogP contribution in [0.2, 0.25) is 0 Å². The molecule has 0 aromatic heterocycles. The van der Waals surface area contributed by atoms with Gasteiger partial charge in [0.05, 0.1) is 0 Å². The van der Waals surface area contributed by atoms with Crippen molar-refractivity contribution in [3.05, 3.63) is 0 Å². The lowest BCUT2D eigenvalue weighted by molar-refractivity contribution is 0.391. The van der Waals surface area contributed by atoms with E-state index in [9.17, 15) is 0 Å². The average molecular weight is 204 g/mol. The van der Waals surface area contributed by atoms with Gasteiger partial charge in [-0.25, -0.2) is 0 Å². The van der Waals surface area contributed by atoms with Crippen LogP contribution >= 0.6 is 11.8 Å². The molecule has 0 aliphatic rings. The Bertz CT molecular complexity index is 121. The molecule has 0 aliphatic heterocycles. The first-order valence-corrected chi connectivity index (χ1v) is 6.32. The molecule has 1 unspecified atom stereocenters. The third-order valence-corrected chi connectivity index (χ3v) is 2.35. The average Bonchev–Trinajstić information content (AvgIpc) is 2.00. The number of hydrogen-bond donors (Lipinski definition) is 2. The van der Waals surface area contributed by atoms with Crippen LogP contribution in [-0.4, -0.2) is 36.7 Å². The summed E-state index contributed by atoms with van der Waals surface area (Å²) in [7, 11) is 0. The Morgan fingerprint density at radius 1 is 1.31 bits per heavy atom. The number of nitrogens with one attached hydrogen (secondary N) is 2. The van der Waals surface area contributed by atoms with Gasteiger partial charge in [-0.3, -0.25) is 0 Å². The summed E-state index contributed by atoms with van der Waals surface area (Å²) in [6.07, 6.45) is 2.14. The zero-order chi connectivity index (χ0) is 10.3. The van der Waals surface area contributed by atoms with Crippen molar-refractivity contribution in [2.24, 2.45) is 0 Å². The zero-order valence-electron chi connectivity index (χ0n) is 9.61. The van der Waals surface area contributed by atoms with Gasteiger partial charge < -0.3 is 10.6 Å². The molecule has 0 fully saturated rings. The fourth-order valence-electron chi connectivity index (χ4n) is 0.939. The third-order valence-electron chi connectivity index (χ3n) is 1.74. The second kappa shape index (κ2) is 6.68. The van der Waals surface area contributed by atoms with E-state index in [0.717, 1.165) is 13.1 Å². The molecule has 0 aromatic rings. The van der Waals surface area contributed by atoms with Crippen molar-refractivity contribution in [2.45, 2.75) is 39.3 Å². The molecule has 2 nitrogen and oxygen atoms in total. The van der Waals surface area contributed by atoms with Crippen LogP contribution in [0.4, 0.5) is 0 Å². The van der Waals surface area contributed by atoms with E-state index in [1.807, 2.05) is 11.8 Å². The largest absolute Gasteiger partial charge is 0.312 e. The normalized spacial score (nSPS) is 14.5. The summed E-state index contributed by atoms with van der Waals surface area (Å²) in [5, 5.41) is 6.95. The summed E-state index contributed by atoms with van der Waals surface area (Å²) >= 11 is 1.88. The van der Waals surface area contributed by atoms with Crippen LogP contribution in [0.5, 0.6) is 0 Å². The Hall–Kier alpha value is 0.270. The third kappa shape index (κ3) is 10.2. The molecule has 1 atom stereocenters. The first kappa shape index (κ1) is 13.3. The van der Waals surface area contributed by atoms with Crippen molar-refractivity contribution >= 4 is 11.8 Å². The molecule has 0 aromatic carbocycles. The number of hydrogen-bond acceptors (Lipinski definition) is 3. The molecule has 0 saturated carbocycles. The van der Waals surface area contributed by atoms with Crippen molar-refractivity contribution in [1.29, 1.82) is 0 Å². The topological polar surface area (TPSA) is 24.1 Å². The van der Waals surface area contributed by atoms with Gasteiger partial charge in [-0.05, 0) is 34.0 Å². The van der Waals surface area contributed by atoms with Gasteiger partial charge in [0.1, 0.15) is 0 Å². The maximum atomic E-state index is 3.48. The second-order valence-corrected chi connectivity index (χ2v) is 5.46. The molecule has 0 radical (unpaired) electrons. The van der Waals surface area contributed by atoms with E-state index in [1.165, 1.54) is 5.75 Å². The SMILES string of the molecule is CSCCNC(C)CNC(C)(C)C. The van der Waals surface area contributed by atoms with Gasteiger partial charge in [-0.2, -0.15) is 11.8 Å². The summed E-state index contributed by atoms with van der Waals surface area (Å²) in [6, 6.07) is 0.561. The highest BCUT2D eigenvalue weighted by atomic mass is 32.2. The molecule has 13 heavy (non-hydrogen) atoms. The van der Waals surface area contributed by atoms with Crippen LogP contribution < -0.4 is 10.6 Å². The fourth-order valence-corrected chi connectivity index (χ4v) is 1.26. The molecule has 0 rings (SSSR count). The summed E-state index contributed by atoms with van der Waals surface area (Å²) < 4.78 is 0. The minimum atomic E-state index is 0.232. The molecular weight excluding hydrogens is 180 g/mol. The summed E-state index contributed by atoms with van der Waals surface area (Å²) in [6.45, 7) is 11.0. The van der Waals surface area contributed by atoms with Gasteiger partial charge in [0.2, 0.25) is 0 Å². The van der Waals surface area contributed by atoms with Gasteiger partial charge in [-0.1, -0.05) is 0 Å². The first-order chi connectivity index (χ1) is 5.95. The van der Waals surface area contributed by atoms with Crippen LogP contribution in [0, 0.1) is 0 Å². The summed E-state index contributed by atoms with van der Waals surface area (Å²) in [5.74, 6) is 1.19. The van der Waals surface area contributed by atoms with E-state index in [1.54, 1.807) is 0 Å². The fraction of sp³-hybridized carbons (Fsp3) is 1.00. The molecule has 80 valence electrons. The van der Waals surface area contributed by atoms with Crippen LogP contribution in [0.1, 0.15) is 27.7 Å². The lowest BCUT2D eigenvalue weighted by atomic mass is 10.1. The highest BCUT2D eigenvalue weighted by molar-refractivity contribution is 7.98. The van der Waals surface area contributed by atoms with Gasteiger partial charge in [0.25, 0.3) is 0 Å². The highest BCUT2D eigenvalue weighted by Crippen LogP contribution is 1.98. The molecule has 0 heterocycles. The van der Waals surface area contributed by atoms with E-state index >= 15 is 0 Å². The van der Waals surface area contributed by atoms with E-state index in [2.05, 4.69) is 44.6 Å². The molecule has 0 saturated heterocycles. The van der Waals surface area contributed by atoms with Crippen molar-refractivity contribution in [1.82, 2.24) is 10.6 Å².